The summed E-state index contributed by atoms with van der Waals surface area (Å²) in [6, 6.07) is 0. The van der Waals surface area contributed by atoms with Crippen LogP contribution in [0.5, 0.6) is 0 Å². The Morgan fingerprint density at radius 3 is 2.17 bits per heavy atom. The van der Waals surface area contributed by atoms with Gasteiger partial charge < -0.3 is 0 Å². The first kappa shape index (κ1) is 7.17. The zero-order chi connectivity index (χ0) is 8.94. The van der Waals surface area contributed by atoms with Crippen molar-refractivity contribution in [1.29, 1.82) is 0 Å². The molecule has 0 heterocycles. The fraction of sp³-hybridized carbons (Fsp3) is 0.833. The van der Waals surface area contributed by atoms with E-state index < -0.39 is 0 Å². The largest absolute Gasteiger partial charge is 0.0723 e. The lowest BCUT2D eigenvalue weighted by Crippen LogP contribution is -2.27. The summed E-state index contributed by atoms with van der Waals surface area (Å²) < 4.78 is 0. The highest BCUT2D eigenvalue weighted by Crippen LogP contribution is 3.06. The van der Waals surface area contributed by atoms with Crippen molar-refractivity contribution < 1.29 is 0 Å². The average molecular weight is 162 g/mol. The van der Waals surface area contributed by atoms with E-state index >= 15 is 0 Å². The minimum atomic E-state index is 0.547. The fourth-order valence-electron chi connectivity index (χ4n) is 3.67. The summed E-state index contributed by atoms with van der Waals surface area (Å²) in [5, 5.41) is 0. The van der Waals surface area contributed by atoms with Crippen LogP contribution in [0.4, 0.5) is 0 Å². The van der Waals surface area contributed by atoms with Crippen LogP contribution in [0, 0.1) is 28.1 Å². The summed E-state index contributed by atoms with van der Waals surface area (Å²) in [7, 11) is 0. The Bertz CT molecular complexity index is 308. The first-order chi connectivity index (χ1) is 5.40. The van der Waals surface area contributed by atoms with Gasteiger partial charge in [-0.05, 0) is 17.3 Å². The quantitative estimate of drug-likeness (QED) is 0.547. The molecule has 0 aliphatic heterocycles. The maximum atomic E-state index is 2.50. The molecule has 3 aliphatic rings. The second-order valence-corrected chi connectivity index (χ2v) is 6.04. The molecule has 3 aliphatic carbocycles. The van der Waals surface area contributed by atoms with Crippen LogP contribution in [0.15, 0.2) is 11.6 Å². The van der Waals surface area contributed by atoms with Gasteiger partial charge in [0.2, 0.25) is 0 Å². The Labute approximate surface area is 75.0 Å². The van der Waals surface area contributed by atoms with Gasteiger partial charge in [-0.1, -0.05) is 46.3 Å². The smallest absolute Gasteiger partial charge is 0.0237 e. The van der Waals surface area contributed by atoms with E-state index in [9.17, 15) is 0 Å². The maximum Gasteiger partial charge on any atom is 0.0237 e. The van der Waals surface area contributed by atoms with Crippen molar-refractivity contribution in [1.82, 2.24) is 0 Å². The molecule has 3 rings (SSSR count). The molecule has 3 atom stereocenters. The van der Waals surface area contributed by atoms with E-state index in [2.05, 4.69) is 40.7 Å². The molecule has 0 N–H and O–H groups in total. The maximum absolute atomic E-state index is 2.50. The molecule has 3 unspecified atom stereocenters. The minimum Gasteiger partial charge on any atom is -0.0723 e. The summed E-state index contributed by atoms with van der Waals surface area (Å²) in [5.41, 5.74) is 3.72. The molecule has 2 fully saturated rings. The van der Waals surface area contributed by atoms with Crippen LogP contribution in [0.3, 0.4) is 0 Å². The Morgan fingerprint density at radius 1 is 1.42 bits per heavy atom. The van der Waals surface area contributed by atoms with Crippen molar-refractivity contribution in [2.75, 3.05) is 0 Å². The monoisotopic (exact) mass is 162 g/mol. The molecule has 2 saturated carbocycles. The predicted molar refractivity (Wildman–Crippen MR) is 50.7 cm³/mol. The molecular formula is C12H18. The standard InChI is InChI=1S/C12H18/c1-7(2)10(3,4)9-11(5)8-6-12(8,9)11/h6-7,9H,1-5H3. The third-order valence-corrected chi connectivity index (χ3v) is 5.27. The van der Waals surface area contributed by atoms with E-state index in [0.717, 1.165) is 11.8 Å². The van der Waals surface area contributed by atoms with Gasteiger partial charge in [0.25, 0.3) is 0 Å². The highest BCUT2D eigenvalue weighted by atomic mass is 15.0. The summed E-state index contributed by atoms with van der Waals surface area (Å²) in [5.74, 6) is 1.80. The summed E-state index contributed by atoms with van der Waals surface area (Å²) in [6.45, 7) is 12.1. The van der Waals surface area contributed by atoms with Crippen LogP contribution in [-0.2, 0) is 0 Å². The van der Waals surface area contributed by atoms with Crippen LogP contribution in [0.2, 0.25) is 0 Å². The van der Waals surface area contributed by atoms with Crippen molar-refractivity contribution in [3.8, 4) is 0 Å². The van der Waals surface area contributed by atoms with Crippen LogP contribution >= 0.6 is 0 Å². The lowest BCUT2D eigenvalue weighted by molar-refractivity contribution is 0.168. The Morgan fingerprint density at radius 2 is 1.92 bits per heavy atom. The highest BCUT2D eigenvalue weighted by molar-refractivity contribution is 5.80. The number of hydrogen-bond donors (Lipinski definition) is 0. The van der Waals surface area contributed by atoms with Crippen LogP contribution in [0.25, 0.3) is 0 Å². The second kappa shape index (κ2) is 1.32. The summed E-state index contributed by atoms with van der Waals surface area (Å²) in [6.07, 6.45) is 2.50. The van der Waals surface area contributed by atoms with Crippen LogP contribution in [0.1, 0.15) is 34.6 Å². The lowest BCUT2D eigenvalue weighted by Gasteiger charge is -2.33. The van der Waals surface area contributed by atoms with E-state index in [-0.39, 0.29) is 0 Å². The van der Waals surface area contributed by atoms with Crippen LogP contribution in [-0.4, -0.2) is 0 Å². The number of rotatable bonds is 2. The Balaban J connectivity index is 1.86. The van der Waals surface area contributed by atoms with Crippen molar-refractivity contribution in [3.63, 3.8) is 0 Å². The third kappa shape index (κ3) is 0.389. The summed E-state index contributed by atoms with van der Waals surface area (Å²) >= 11 is 0. The SMILES string of the molecule is CC(C)C(C)(C)C1C2(C)C3=CC312. The zero-order valence-electron chi connectivity index (χ0n) is 8.73. The molecule has 0 amide bonds. The third-order valence-electron chi connectivity index (χ3n) is 5.27. The van der Waals surface area contributed by atoms with E-state index in [1.165, 1.54) is 0 Å². The van der Waals surface area contributed by atoms with Gasteiger partial charge in [-0.25, -0.2) is 0 Å². The molecule has 1 spiro atoms. The van der Waals surface area contributed by atoms with Gasteiger partial charge >= 0.3 is 0 Å². The molecule has 0 saturated heterocycles. The van der Waals surface area contributed by atoms with Gasteiger partial charge in [-0.2, -0.15) is 0 Å². The first-order valence-corrected chi connectivity index (χ1v) is 5.14. The van der Waals surface area contributed by atoms with Gasteiger partial charge in [0.05, 0.1) is 0 Å². The number of allylic oxidation sites excluding steroid dienone is 2. The van der Waals surface area contributed by atoms with Crippen molar-refractivity contribution in [2.45, 2.75) is 34.6 Å². The normalized spacial score (nSPS) is 52.8. The Kier molecular flexibility index (Phi) is 0.791. The average Bonchev–Trinajstić information content (AvgIpc) is 2.79. The predicted octanol–water partition coefficient (Wildman–Crippen LogP) is 3.24. The van der Waals surface area contributed by atoms with E-state index in [4.69, 9.17) is 0 Å². The highest BCUT2D eigenvalue weighted by Gasteiger charge is 3.01. The molecule has 0 bridgehead atoms. The first-order valence-electron chi connectivity index (χ1n) is 5.14. The summed E-state index contributed by atoms with van der Waals surface area (Å²) in [4.78, 5) is 0. The molecule has 0 radical (unpaired) electrons. The Hall–Kier alpha value is -0.260. The second-order valence-electron chi connectivity index (χ2n) is 6.04. The molecule has 66 valence electrons. The van der Waals surface area contributed by atoms with Gasteiger partial charge in [0.15, 0.2) is 0 Å². The fourth-order valence-corrected chi connectivity index (χ4v) is 3.67. The van der Waals surface area contributed by atoms with Gasteiger partial charge in [0, 0.05) is 10.8 Å². The lowest BCUT2D eigenvalue weighted by atomic mass is 9.71. The molecule has 0 aromatic heterocycles. The zero-order valence-corrected chi connectivity index (χ0v) is 8.73. The van der Waals surface area contributed by atoms with E-state index in [1.807, 2.05) is 0 Å². The molecule has 0 nitrogen and oxygen atoms in total. The van der Waals surface area contributed by atoms with E-state index in [0.29, 0.717) is 16.2 Å². The molecule has 0 aromatic carbocycles. The van der Waals surface area contributed by atoms with Crippen LogP contribution < -0.4 is 0 Å². The molecule has 12 heavy (non-hydrogen) atoms. The molecule has 0 heteroatoms. The number of hydrogen-bond acceptors (Lipinski definition) is 0. The van der Waals surface area contributed by atoms with Crippen molar-refractivity contribution in [2.24, 2.45) is 28.1 Å². The number of fused-ring (bicyclic) bond motifs is 1. The van der Waals surface area contributed by atoms with Crippen molar-refractivity contribution >= 4 is 0 Å². The van der Waals surface area contributed by atoms with Gasteiger partial charge in [-0.3, -0.25) is 0 Å². The van der Waals surface area contributed by atoms with E-state index in [1.54, 1.807) is 5.57 Å². The van der Waals surface area contributed by atoms with Gasteiger partial charge in [0.1, 0.15) is 0 Å². The molecule has 0 aromatic rings. The molecular weight excluding hydrogens is 144 g/mol. The van der Waals surface area contributed by atoms with Crippen molar-refractivity contribution in [3.05, 3.63) is 11.6 Å². The topological polar surface area (TPSA) is 0 Å². The van der Waals surface area contributed by atoms with Gasteiger partial charge in [-0.15, -0.1) is 0 Å². The minimum absolute atomic E-state index is 0.547.